The fourth-order valence-corrected chi connectivity index (χ4v) is 11.6. The SMILES string of the molecule is C[C@@H](O)[C@H](N)C(=O)N1CCC[C@H]1C(=O)N[C@@H](CCC(N)=O)C(=O)N[C@@H](CCCN=C(N)N)C(=O)N1CCC[C@H]1C(=O)N[C@@H](CCCN=C(N)N)C(=O)N[C@@H](CCCN=C(N)N)C(=O)N[C@@H](CCCN=C(N)N)C(=O)N[C@@H](CCCCN)C(=O)N[C@@H](CCCCN)C(=O)N[C@@H](CCCN=C(N)N)C(=O)NCC(=O)O. The van der Waals surface area contributed by atoms with E-state index < -0.39 is 162 Å². The van der Waals surface area contributed by atoms with Gasteiger partial charge in [0.05, 0.1) is 6.10 Å². The van der Waals surface area contributed by atoms with Crippen LogP contribution in [0.4, 0.5) is 0 Å². The molecule has 12 amide bonds. The van der Waals surface area contributed by atoms with Gasteiger partial charge in [-0.15, -0.1) is 0 Å². The molecule has 0 aromatic rings. The third-order valence-corrected chi connectivity index (χ3v) is 17.2. The number of aliphatic imine (C=N–C) groups is 5. The van der Waals surface area contributed by atoms with Crippen LogP contribution in [0.2, 0.25) is 0 Å². The van der Waals surface area contributed by atoms with Crippen LogP contribution in [0.25, 0.3) is 0 Å². The Hall–Kier alpha value is -10.7. The van der Waals surface area contributed by atoms with Crippen molar-refractivity contribution in [2.75, 3.05) is 65.4 Å². The van der Waals surface area contributed by atoms with Crippen LogP contribution in [0.5, 0.6) is 0 Å². The smallest absolute Gasteiger partial charge is 0.322 e. The Balaban J connectivity index is 2.67. The predicted octanol–water partition coefficient (Wildman–Crippen LogP) is -11.5. The first-order valence-corrected chi connectivity index (χ1v) is 36.0. The maximum atomic E-state index is 14.9. The minimum atomic E-state index is -1.55. The molecule has 12 atom stereocenters. The van der Waals surface area contributed by atoms with Crippen molar-refractivity contribution in [3.63, 3.8) is 0 Å². The highest BCUT2D eigenvalue weighted by Crippen LogP contribution is 2.23. The van der Waals surface area contributed by atoms with Gasteiger partial charge in [0, 0.05) is 52.2 Å². The van der Waals surface area contributed by atoms with Gasteiger partial charge in [-0.2, -0.15) is 0 Å². The van der Waals surface area contributed by atoms with Crippen molar-refractivity contribution in [1.29, 1.82) is 0 Å². The predicted molar refractivity (Wildman–Crippen MR) is 399 cm³/mol. The molecule has 0 radical (unpaired) electrons. The van der Waals surface area contributed by atoms with Crippen molar-refractivity contribution in [3.05, 3.63) is 0 Å². The summed E-state index contributed by atoms with van der Waals surface area (Å²) in [6, 6.07) is -15.5. The Labute approximate surface area is 626 Å². The standard InChI is InChI=1S/C63H118N30O15/c1-34(94)47(67)58(108)93-32-12-21-44(93)56(106)90-41(22-23-45(66)95)54(104)91-42(19-10-30-82-63(76)77)57(107)92-31-11-20-43(92)55(105)89-40(18-9-29-81-62(74)75)53(103)88-39(17-8-28-80-61(72)73)52(102)87-38(16-7-27-79-60(70)71)51(101)86-37(14-3-5-25-65)50(100)85-36(13-2-4-24-64)49(99)84-35(15-6-26-78-59(68)69)48(98)83-33-46(96)97/h34-44,47,94H,2-33,64-65,67H2,1H3,(H2,66,95)(H,83,98)(H,84,99)(H,85,100)(H,86,101)(H,87,102)(H,88,103)(H,89,105)(H,90,106)(H,91,104)(H,96,97)(H4,68,69,78)(H4,70,71,79)(H4,72,73,80)(H4,74,75,81)(H4,76,77,82)/t34-,35+,36+,37+,38+,39+,40+,41+,42+,43+,44+,47+/m1/s1. The van der Waals surface area contributed by atoms with E-state index in [4.69, 9.17) is 80.3 Å². The number of hydrogen-bond donors (Lipinski definition) is 25. The van der Waals surface area contributed by atoms with E-state index in [1.807, 2.05) is 0 Å². The van der Waals surface area contributed by atoms with Crippen LogP contribution in [0, 0.1) is 0 Å². The molecule has 108 heavy (non-hydrogen) atoms. The third-order valence-electron chi connectivity index (χ3n) is 17.2. The number of amides is 12. The number of carbonyl (C=O) groups is 13. The minimum Gasteiger partial charge on any atom is -0.480 e. The molecule has 0 aromatic heterocycles. The molecule has 2 saturated heterocycles. The number of aliphatic hydroxyl groups excluding tert-OH is 1. The average Bonchev–Trinajstić information content (AvgIpc) is 1.65. The second kappa shape index (κ2) is 50.7. The molecule has 0 aliphatic carbocycles. The van der Waals surface area contributed by atoms with Crippen LogP contribution in [0.15, 0.2) is 25.0 Å². The number of rotatable bonds is 53. The first-order chi connectivity index (χ1) is 51.1. The summed E-state index contributed by atoms with van der Waals surface area (Å²) in [5, 5.41) is 42.8. The number of likely N-dealkylation sites (tertiary alicyclic amines) is 2. The number of nitrogens with two attached hydrogens (primary N) is 14. The van der Waals surface area contributed by atoms with Gasteiger partial charge in [-0.05, 0) is 155 Å². The number of carboxylic acid groups (broad SMARTS) is 1. The molecule has 0 aromatic carbocycles. The highest BCUT2D eigenvalue weighted by molar-refractivity contribution is 6.00. The lowest BCUT2D eigenvalue weighted by Crippen LogP contribution is -2.60. The van der Waals surface area contributed by atoms with E-state index in [1.54, 1.807) is 0 Å². The number of aliphatic carboxylic acids is 1. The zero-order valence-electron chi connectivity index (χ0n) is 61.5. The normalized spacial score (nSPS) is 16.5. The van der Waals surface area contributed by atoms with Crippen molar-refractivity contribution in [1.82, 2.24) is 57.7 Å². The maximum absolute atomic E-state index is 14.9. The number of nitrogens with one attached hydrogen (secondary N) is 9. The van der Waals surface area contributed by atoms with Gasteiger partial charge in [-0.25, -0.2) is 0 Å². The molecule has 2 aliphatic heterocycles. The molecule has 2 fully saturated rings. The molecule has 45 heteroatoms. The van der Waals surface area contributed by atoms with Gasteiger partial charge in [-0.3, -0.25) is 87.3 Å². The van der Waals surface area contributed by atoms with Crippen LogP contribution in [-0.4, -0.2) is 265 Å². The second-order valence-electron chi connectivity index (χ2n) is 26.1. The minimum absolute atomic E-state index is 0.0220. The first kappa shape index (κ1) is 93.4. The Kier molecular flexibility index (Phi) is 43.9. The number of guanidine groups is 5. The molecule has 39 N–H and O–H groups in total. The quantitative estimate of drug-likeness (QED) is 0.0153. The molecular weight excluding hydrogens is 1420 g/mol. The van der Waals surface area contributed by atoms with E-state index in [0.29, 0.717) is 25.7 Å². The van der Waals surface area contributed by atoms with E-state index in [-0.39, 0.29) is 198 Å². The number of carbonyl (C=O) groups excluding carboxylic acids is 12. The summed E-state index contributed by atoms with van der Waals surface area (Å²) in [6.07, 6.45) is -0.491. The lowest BCUT2D eigenvalue weighted by Gasteiger charge is -2.31. The molecule has 610 valence electrons. The third kappa shape index (κ3) is 36.5. The van der Waals surface area contributed by atoms with Gasteiger partial charge in [0.1, 0.15) is 73.0 Å². The lowest BCUT2D eigenvalue weighted by atomic mass is 10.0. The molecular formula is C63H118N30O15. The van der Waals surface area contributed by atoms with Crippen molar-refractivity contribution < 1.29 is 72.5 Å². The Morgan fingerprint density at radius 2 is 0.667 bits per heavy atom. The number of primary amides is 1. The summed E-state index contributed by atoms with van der Waals surface area (Å²) < 4.78 is 0. The highest BCUT2D eigenvalue weighted by Gasteiger charge is 2.43. The molecule has 2 rings (SSSR count). The van der Waals surface area contributed by atoms with Gasteiger partial charge < -0.3 is 148 Å². The van der Waals surface area contributed by atoms with Gasteiger partial charge in [0.15, 0.2) is 29.8 Å². The largest absolute Gasteiger partial charge is 0.480 e. The number of aliphatic hydroxyl groups is 1. The first-order valence-electron chi connectivity index (χ1n) is 36.0. The maximum Gasteiger partial charge on any atom is 0.322 e. The summed E-state index contributed by atoms with van der Waals surface area (Å²) in [5.41, 5.74) is 78.8. The van der Waals surface area contributed by atoms with Crippen LogP contribution >= 0.6 is 0 Å². The van der Waals surface area contributed by atoms with E-state index >= 15 is 0 Å². The molecule has 45 nitrogen and oxygen atoms in total. The molecule has 2 heterocycles. The topological polar surface area (TPSA) is 803 Å². The van der Waals surface area contributed by atoms with Gasteiger partial charge in [0.25, 0.3) is 0 Å². The van der Waals surface area contributed by atoms with Crippen molar-refractivity contribution in [3.8, 4) is 0 Å². The fourth-order valence-electron chi connectivity index (χ4n) is 11.6. The summed E-state index contributed by atoms with van der Waals surface area (Å²) in [5.74, 6) is -13.1. The Morgan fingerprint density at radius 1 is 0.389 bits per heavy atom. The van der Waals surface area contributed by atoms with E-state index in [1.165, 1.54) is 16.7 Å². The lowest BCUT2D eigenvalue weighted by molar-refractivity contribution is -0.143. The van der Waals surface area contributed by atoms with Gasteiger partial charge in [-0.1, -0.05) is 0 Å². The fraction of sp³-hybridized carbons (Fsp3) is 0.714. The monoisotopic (exact) mass is 1530 g/mol. The zero-order valence-corrected chi connectivity index (χ0v) is 61.5. The van der Waals surface area contributed by atoms with Crippen LogP contribution in [-0.2, 0) is 62.3 Å². The van der Waals surface area contributed by atoms with Crippen molar-refractivity contribution in [2.24, 2.45) is 105 Å². The van der Waals surface area contributed by atoms with Crippen molar-refractivity contribution in [2.45, 2.75) is 221 Å². The summed E-state index contributed by atoms with van der Waals surface area (Å²) in [6.45, 7) is 0.804. The molecule has 0 unspecified atom stereocenters. The van der Waals surface area contributed by atoms with Crippen molar-refractivity contribution >= 4 is 107 Å². The molecule has 0 spiro atoms. The molecule has 2 aliphatic rings. The number of hydrogen-bond acceptors (Lipinski definition) is 22. The van der Waals surface area contributed by atoms with E-state index in [0.717, 1.165) is 0 Å². The van der Waals surface area contributed by atoms with E-state index in [9.17, 15) is 72.5 Å². The van der Waals surface area contributed by atoms with E-state index in [2.05, 4.69) is 72.8 Å². The molecule has 0 bridgehead atoms. The van der Waals surface area contributed by atoms with Gasteiger partial charge >= 0.3 is 5.97 Å². The van der Waals surface area contributed by atoms with Crippen LogP contribution in [0.1, 0.15) is 148 Å². The number of carboxylic acids is 1. The van der Waals surface area contributed by atoms with Crippen LogP contribution in [0.3, 0.4) is 0 Å². The van der Waals surface area contributed by atoms with Crippen LogP contribution < -0.4 is 128 Å². The molecule has 0 saturated carbocycles. The highest BCUT2D eigenvalue weighted by atomic mass is 16.4. The summed E-state index contributed by atoms with van der Waals surface area (Å²) in [4.78, 5) is 203. The summed E-state index contributed by atoms with van der Waals surface area (Å²) in [7, 11) is 0. The zero-order chi connectivity index (χ0) is 81.0. The number of unbranched alkanes of at least 4 members (excludes halogenated alkanes) is 2. The Bertz CT molecular complexity index is 3120. The summed E-state index contributed by atoms with van der Waals surface area (Å²) >= 11 is 0. The second-order valence-corrected chi connectivity index (χ2v) is 26.1. The number of nitrogens with zero attached hydrogens (tertiary/aromatic N) is 7. The van der Waals surface area contributed by atoms with Gasteiger partial charge in [0.2, 0.25) is 70.9 Å². The Morgan fingerprint density at radius 3 is 0.963 bits per heavy atom. The average molecular weight is 1540 g/mol.